The molecule has 106 valence electrons. The second-order valence-corrected chi connectivity index (χ2v) is 4.39. The molecule has 0 radical (unpaired) electrons. The fraction of sp³-hybridized carbons (Fsp3) is 0.231. The number of alkyl halides is 3. The Labute approximate surface area is 112 Å². The Kier molecular flexibility index (Phi) is 3.29. The molecule has 20 heavy (non-hydrogen) atoms. The van der Waals surface area contributed by atoms with Crippen LogP contribution in [0, 0.1) is 13.8 Å². The van der Waals surface area contributed by atoms with Crippen molar-refractivity contribution in [3.05, 3.63) is 46.8 Å². The highest BCUT2D eigenvalue weighted by atomic mass is 19.4. The number of aromatic nitrogens is 2. The van der Waals surface area contributed by atoms with Crippen LogP contribution < -0.4 is 0 Å². The first-order valence-electron chi connectivity index (χ1n) is 5.68. The molecule has 2 rings (SSSR count). The maximum Gasteiger partial charge on any atom is 0.416 e. The molecule has 0 aliphatic rings. The molecule has 0 fully saturated rings. The second kappa shape index (κ2) is 4.66. The topological polar surface area (TPSA) is 55.1 Å². The van der Waals surface area contributed by atoms with Gasteiger partial charge in [0.2, 0.25) is 0 Å². The fourth-order valence-electron chi connectivity index (χ4n) is 1.84. The van der Waals surface area contributed by atoms with Crippen molar-refractivity contribution < 1.29 is 23.1 Å². The lowest BCUT2D eigenvalue weighted by Crippen LogP contribution is -2.09. The molecule has 0 atom stereocenters. The van der Waals surface area contributed by atoms with E-state index >= 15 is 0 Å². The number of aromatic carboxylic acids is 1. The van der Waals surface area contributed by atoms with Gasteiger partial charge in [0.05, 0.1) is 11.3 Å². The van der Waals surface area contributed by atoms with Gasteiger partial charge in [0.25, 0.3) is 0 Å². The first kappa shape index (κ1) is 14.1. The predicted octanol–water partition coefficient (Wildman–Crippen LogP) is 3.21. The quantitative estimate of drug-likeness (QED) is 0.921. The summed E-state index contributed by atoms with van der Waals surface area (Å²) in [5, 5.41) is 12.7. The lowest BCUT2D eigenvalue weighted by Gasteiger charge is -2.12. The van der Waals surface area contributed by atoms with Crippen molar-refractivity contribution in [3.8, 4) is 5.69 Å². The van der Waals surface area contributed by atoms with E-state index in [-0.39, 0.29) is 11.4 Å². The number of benzene rings is 1. The smallest absolute Gasteiger partial charge is 0.416 e. The number of nitrogens with zero attached hydrogens (tertiary/aromatic N) is 2. The minimum Gasteiger partial charge on any atom is -0.476 e. The monoisotopic (exact) mass is 284 g/mol. The van der Waals surface area contributed by atoms with Crippen LogP contribution in [0.15, 0.2) is 24.3 Å². The molecular formula is C13H11F3N2O2. The van der Waals surface area contributed by atoms with Crippen molar-refractivity contribution >= 4 is 5.97 Å². The molecule has 7 heteroatoms. The van der Waals surface area contributed by atoms with Crippen LogP contribution in [0.2, 0.25) is 0 Å². The van der Waals surface area contributed by atoms with Gasteiger partial charge in [-0.1, -0.05) is 6.07 Å². The number of hydrogen-bond donors (Lipinski definition) is 1. The lowest BCUT2D eigenvalue weighted by molar-refractivity contribution is -0.137. The van der Waals surface area contributed by atoms with Crippen LogP contribution in [0.4, 0.5) is 13.2 Å². The van der Waals surface area contributed by atoms with Crippen LogP contribution in [-0.2, 0) is 6.18 Å². The first-order chi connectivity index (χ1) is 9.20. The summed E-state index contributed by atoms with van der Waals surface area (Å²) in [4.78, 5) is 10.9. The van der Waals surface area contributed by atoms with Gasteiger partial charge in [-0.05, 0) is 37.6 Å². The van der Waals surface area contributed by atoms with Gasteiger partial charge in [-0.25, -0.2) is 9.48 Å². The molecule has 0 amide bonds. The van der Waals surface area contributed by atoms with Crippen molar-refractivity contribution in [2.45, 2.75) is 20.0 Å². The van der Waals surface area contributed by atoms with E-state index in [0.29, 0.717) is 11.3 Å². The largest absolute Gasteiger partial charge is 0.476 e. The maximum absolute atomic E-state index is 12.7. The van der Waals surface area contributed by atoms with Crippen molar-refractivity contribution in [1.29, 1.82) is 0 Å². The van der Waals surface area contributed by atoms with Crippen LogP contribution in [0.25, 0.3) is 5.69 Å². The molecule has 0 aliphatic carbocycles. The van der Waals surface area contributed by atoms with Crippen LogP contribution in [-0.4, -0.2) is 20.9 Å². The normalized spacial score (nSPS) is 11.7. The average Bonchev–Trinajstić information content (AvgIpc) is 2.70. The van der Waals surface area contributed by atoms with Gasteiger partial charge in [-0.15, -0.1) is 0 Å². The summed E-state index contributed by atoms with van der Waals surface area (Å²) < 4.78 is 39.4. The number of hydrogen-bond acceptors (Lipinski definition) is 2. The Morgan fingerprint density at radius 3 is 2.40 bits per heavy atom. The Bertz CT molecular complexity index is 675. The van der Waals surface area contributed by atoms with Gasteiger partial charge >= 0.3 is 12.1 Å². The van der Waals surface area contributed by atoms with Gasteiger partial charge in [-0.3, -0.25) is 0 Å². The molecule has 0 spiro atoms. The van der Waals surface area contributed by atoms with Crippen molar-refractivity contribution in [2.75, 3.05) is 0 Å². The molecule has 0 bridgehead atoms. The molecule has 0 unspecified atom stereocenters. The van der Waals surface area contributed by atoms with E-state index < -0.39 is 17.7 Å². The third-order valence-electron chi connectivity index (χ3n) is 2.87. The zero-order valence-corrected chi connectivity index (χ0v) is 10.7. The summed E-state index contributed by atoms with van der Waals surface area (Å²) >= 11 is 0. The number of rotatable bonds is 2. The maximum atomic E-state index is 12.7. The molecule has 0 saturated heterocycles. The lowest BCUT2D eigenvalue weighted by atomic mass is 10.1. The van der Waals surface area contributed by atoms with Crippen molar-refractivity contribution in [2.24, 2.45) is 0 Å². The van der Waals surface area contributed by atoms with E-state index in [0.717, 1.165) is 12.1 Å². The highest BCUT2D eigenvalue weighted by Gasteiger charge is 2.31. The van der Waals surface area contributed by atoms with Crippen LogP contribution >= 0.6 is 0 Å². The number of carbonyl (C=O) groups is 1. The molecule has 1 N–H and O–H groups in total. The molecule has 1 aromatic heterocycles. The van der Waals surface area contributed by atoms with Gasteiger partial charge < -0.3 is 5.11 Å². The standard InChI is InChI=1S/C13H11F3N2O2/c1-7-3-4-9(13(14,15)16)6-11(7)18-8(2)5-10(17-18)12(19)20/h3-6H,1-2H3,(H,19,20). The summed E-state index contributed by atoms with van der Waals surface area (Å²) in [6, 6.07) is 4.58. The van der Waals surface area contributed by atoms with Gasteiger partial charge in [0, 0.05) is 5.69 Å². The highest BCUT2D eigenvalue weighted by Crippen LogP contribution is 2.31. The Morgan fingerprint density at radius 2 is 1.90 bits per heavy atom. The Balaban J connectivity index is 2.60. The summed E-state index contributed by atoms with van der Waals surface area (Å²) in [5.74, 6) is -1.23. The molecular weight excluding hydrogens is 273 g/mol. The Hall–Kier alpha value is -2.31. The number of aryl methyl sites for hydroxylation is 2. The molecule has 1 heterocycles. The van der Waals surface area contributed by atoms with Crippen molar-refractivity contribution in [3.63, 3.8) is 0 Å². The predicted molar refractivity (Wildman–Crippen MR) is 65.0 cm³/mol. The molecule has 2 aromatic rings. The SMILES string of the molecule is Cc1ccc(C(F)(F)F)cc1-n1nc(C(=O)O)cc1C. The number of carboxylic acid groups (broad SMARTS) is 1. The van der Waals surface area contributed by atoms with Crippen LogP contribution in [0.3, 0.4) is 0 Å². The minimum atomic E-state index is -4.46. The van der Waals surface area contributed by atoms with E-state index in [2.05, 4.69) is 5.10 Å². The zero-order chi connectivity index (χ0) is 15.1. The van der Waals surface area contributed by atoms with Gasteiger partial charge in [-0.2, -0.15) is 18.3 Å². The number of halogens is 3. The third kappa shape index (κ3) is 2.52. The fourth-order valence-corrected chi connectivity index (χ4v) is 1.84. The van der Waals surface area contributed by atoms with E-state index in [1.165, 1.54) is 16.8 Å². The molecule has 4 nitrogen and oxygen atoms in total. The van der Waals surface area contributed by atoms with Crippen molar-refractivity contribution in [1.82, 2.24) is 9.78 Å². The average molecular weight is 284 g/mol. The van der Waals surface area contributed by atoms with E-state index in [9.17, 15) is 18.0 Å². The molecule has 0 saturated carbocycles. The number of carboxylic acids is 1. The summed E-state index contributed by atoms with van der Waals surface area (Å²) in [5.41, 5.74) is 0.222. The Morgan fingerprint density at radius 1 is 1.25 bits per heavy atom. The summed E-state index contributed by atoms with van der Waals surface area (Å²) in [6.45, 7) is 3.22. The zero-order valence-electron chi connectivity index (χ0n) is 10.7. The minimum absolute atomic E-state index is 0.209. The molecule has 0 aliphatic heterocycles. The highest BCUT2D eigenvalue weighted by molar-refractivity contribution is 5.85. The van der Waals surface area contributed by atoms with Crippen LogP contribution in [0.1, 0.15) is 27.3 Å². The van der Waals surface area contributed by atoms with E-state index in [1.807, 2.05) is 0 Å². The van der Waals surface area contributed by atoms with Gasteiger partial charge in [0.15, 0.2) is 5.69 Å². The third-order valence-corrected chi connectivity index (χ3v) is 2.87. The van der Waals surface area contributed by atoms with Crippen LogP contribution in [0.5, 0.6) is 0 Å². The second-order valence-electron chi connectivity index (χ2n) is 4.39. The van der Waals surface area contributed by atoms with E-state index in [1.54, 1.807) is 13.8 Å². The summed E-state index contributed by atoms with van der Waals surface area (Å²) in [6.07, 6.45) is -4.46. The first-order valence-corrected chi connectivity index (χ1v) is 5.68. The van der Waals surface area contributed by atoms with E-state index in [4.69, 9.17) is 5.11 Å². The summed E-state index contributed by atoms with van der Waals surface area (Å²) in [7, 11) is 0. The van der Waals surface area contributed by atoms with Gasteiger partial charge in [0.1, 0.15) is 0 Å². The molecule has 1 aromatic carbocycles.